The summed E-state index contributed by atoms with van der Waals surface area (Å²) >= 11 is 8.35. The van der Waals surface area contributed by atoms with Crippen LogP contribution in [0.15, 0.2) is 37.9 Å². The van der Waals surface area contributed by atoms with Crippen molar-refractivity contribution in [1.82, 2.24) is 0 Å². The Morgan fingerprint density at radius 2 is 2.06 bits per heavy atom. The summed E-state index contributed by atoms with van der Waals surface area (Å²) in [4.78, 5) is 12.4. The third kappa shape index (κ3) is 3.11. The second kappa shape index (κ2) is 6.13. The molecule has 0 saturated heterocycles. The molecule has 0 amide bonds. The van der Waals surface area contributed by atoms with E-state index in [4.69, 9.17) is 0 Å². The second-order valence-electron chi connectivity index (χ2n) is 4.02. The summed E-state index contributed by atoms with van der Waals surface area (Å²) in [6, 6.07) is 9.75. The summed E-state index contributed by atoms with van der Waals surface area (Å²) in [6.07, 6.45) is 2.10. The SMILES string of the molecule is CCCc1cccc(C(=O)c2cc(Br)sc2Br)c1. The number of hydrogen-bond acceptors (Lipinski definition) is 2. The van der Waals surface area contributed by atoms with E-state index in [0.717, 1.165) is 31.5 Å². The van der Waals surface area contributed by atoms with Crippen LogP contribution in [0.2, 0.25) is 0 Å². The van der Waals surface area contributed by atoms with Gasteiger partial charge in [-0.3, -0.25) is 4.79 Å². The highest BCUT2D eigenvalue weighted by Crippen LogP contribution is 2.33. The molecule has 0 saturated carbocycles. The number of ketones is 1. The third-order valence-electron chi connectivity index (χ3n) is 2.63. The summed E-state index contributed by atoms with van der Waals surface area (Å²) in [7, 11) is 0. The highest BCUT2D eigenvalue weighted by atomic mass is 79.9. The molecule has 0 bridgehead atoms. The maximum atomic E-state index is 12.4. The molecule has 0 aliphatic heterocycles. The average Bonchev–Trinajstić information content (AvgIpc) is 2.68. The van der Waals surface area contributed by atoms with Gasteiger partial charge >= 0.3 is 0 Å². The van der Waals surface area contributed by atoms with E-state index < -0.39 is 0 Å². The monoisotopic (exact) mass is 386 g/mol. The molecule has 0 aliphatic carbocycles. The number of thiophene rings is 1. The Bertz CT molecular complexity index is 575. The van der Waals surface area contributed by atoms with Crippen LogP contribution in [-0.4, -0.2) is 5.78 Å². The lowest BCUT2D eigenvalue weighted by atomic mass is 10.0. The molecule has 0 atom stereocenters. The van der Waals surface area contributed by atoms with Crippen molar-refractivity contribution < 1.29 is 4.79 Å². The van der Waals surface area contributed by atoms with Gasteiger partial charge in [0.15, 0.2) is 5.78 Å². The molecule has 1 aromatic carbocycles. The van der Waals surface area contributed by atoms with E-state index in [1.807, 2.05) is 24.3 Å². The lowest BCUT2D eigenvalue weighted by Gasteiger charge is -2.03. The lowest BCUT2D eigenvalue weighted by Crippen LogP contribution is -2.01. The van der Waals surface area contributed by atoms with Crippen molar-refractivity contribution in [2.24, 2.45) is 0 Å². The van der Waals surface area contributed by atoms with Gasteiger partial charge in [0, 0.05) is 11.1 Å². The number of carbonyl (C=O) groups excluding carboxylic acids is 1. The lowest BCUT2D eigenvalue weighted by molar-refractivity contribution is 0.103. The van der Waals surface area contributed by atoms with E-state index in [0.29, 0.717) is 0 Å². The molecule has 1 aromatic heterocycles. The first kappa shape index (κ1) is 14.0. The number of halogens is 2. The summed E-state index contributed by atoms with van der Waals surface area (Å²) in [6.45, 7) is 2.14. The molecule has 0 unspecified atom stereocenters. The molecular formula is C14H12Br2OS. The maximum Gasteiger partial charge on any atom is 0.195 e. The van der Waals surface area contributed by atoms with E-state index in [9.17, 15) is 4.79 Å². The molecule has 94 valence electrons. The fraction of sp³-hybridized carbons (Fsp3) is 0.214. The Labute approximate surface area is 127 Å². The minimum Gasteiger partial charge on any atom is -0.289 e. The van der Waals surface area contributed by atoms with Crippen molar-refractivity contribution in [3.63, 3.8) is 0 Å². The minimum atomic E-state index is 0.0711. The van der Waals surface area contributed by atoms with Crippen molar-refractivity contribution in [2.45, 2.75) is 19.8 Å². The largest absolute Gasteiger partial charge is 0.289 e. The number of hydrogen-bond donors (Lipinski definition) is 0. The van der Waals surface area contributed by atoms with Gasteiger partial charge in [-0.05, 0) is 56.0 Å². The van der Waals surface area contributed by atoms with Gasteiger partial charge in [-0.25, -0.2) is 0 Å². The van der Waals surface area contributed by atoms with Crippen molar-refractivity contribution in [1.29, 1.82) is 0 Å². The van der Waals surface area contributed by atoms with Crippen molar-refractivity contribution in [3.05, 3.63) is 54.6 Å². The van der Waals surface area contributed by atoms with E-state index in [1.165, 1.54) is 16.9 Å². The van der Waals surface area contributed by atoms with Gasteiger partial charge < -0.3 is 0 Å². The van der Waals surface area contributed by atoms with Gasteiger partial charge in [0.25, 0.3) is 0 Å². The highest BCUT2D eigenvalue weighted by molar-refractivity contribution is 9.12. The Morgan fingerprint density at radius 3 is 2.67 bits per heavy atom. The molecule has 0 radical (unpaired) electrons. The van der Waals surface area contributed by atoms with Gasteiger partial charge in [0.2, 0.25) is 0 Å². The zero-order valence-electron chi connectivity index (χ0n) is 9.87. The van der Waals surface area contributed by atoms with E-state index in [2.05, 4.69) is 44.8 Å². The first-order valence-electron chi connectivity index (χ1n) is 5.70. The molecule has 0 spiro atoms. The number of rotatable bonds is 4. The Balaban J connectivity index is 2.34. The van der Waals surface area contributed by atoms with Crippen LogP contribution in [0.3, 0.4) is 0 Å². The van der Waals surface area contributed by atoms with Crippen LogP contribution < -0.4 is 0 Å². The standard InChI is InChI=1S/C14H12Br2OS/c1-2-4-9-5-3-6-10(7-9)13(17)11-8-12(15)18-14(11)16/h3,5-8H,2,4H2,1H3. The van der Waals surface area contributed by atoms with E-state index in [-0.39, 0.29) is 5.78 Å². The number of carbonyl (C=O) groups is 1. The summed E-state index contributed by atoms with van der Waals surface area (Å²) in [5, 5.41) is 0. The van der Waals surface area contributed by atoms with Crippen LogP contribution in [0.5, 0.6) is 0 Å². The summed E-state index contributed by atoms with van der Waals surface area (Å²) in [5.74, 6) is 0.0711. The predicted molar refractivity (Wildman–Crippen MR) is 83.6 cm³/mol. The quantitative estimate of drug-likeness (QED) is 0.637. The molecule has 1 heterocycles. The van der Waals surface area contributed by atoms with Crippen molar-refractivity contribution in [3.8, 4) is 0 Å². The first-order chi connectivity index (χ1) is 8.61. The molecule has 4 heteroatoms. The fourth-order valence-corrected chi connectivity index (χ4v) is 4.60. The summed E-state index contributed by atoms with van der Waals surface area (Å²) in [5.41, 5.74) is 2.70. The van der Waals surface area contributed by atoms with Crippen molar-refractivity contribution >= 4 is 49.0 Å². The van der Waals surface area contributed by atoms with Gasteiger partial charge in [-0.1, -0.05) is 31.5 Å². The molecule has 2 rings (SSSR count). The van der Waals surface area contributed by atoms with Gasteiger partial charge in [-0.15, -0.1) is 11.3 Å². The number of benzene rings is 1. The van der Waals surface area contributed by atoms with Gasteiger partial charge in [0.05, 0.1) is 7.57 Å². The Hall–Kier alpha value is -0.450. The summed E-state index contributed by atoms with van der Waals surface area (Å²) < 4.78 is 1.84. The Morgan fingerprint density at radius 1 is 1.28 bits per heavy atom. The fourth-order valence-electron chi connectivity index (χ4n) is 1.81. The topological polar surface area (TPSA) is 17.1 Å². The normalized spacial score (nSPS) is 10.6. The predicted octanol–water partition coefficient (Wildman–Crippen LogP) is 5.46. The minimum absolute atomic E-state index is 0.0711. The zero-order chi connectivity index (χ0) is 13.1. The van der Waals surface area contributed by atoms with Crippen LogP contribution in [-0.2, 0) is 6.42 Å². The highest BCUT2D eigenvalue weighted by Gasteiger charge is 2.15. The van der Waals surface area contributed by atoms with Gasteiger partial charge in [-0.2, -0.15) is 0 Å². The number of aryl methyl sites for hydroxylation is 1. The van der Waals surface area contributed by atoms with Crippen LogP contribution in [0.25, 0.3) is 0 Å². The Kier molecular flexibility index (Phi) is 4.76. The smallest absolute Gasteiger partial charge is 0.195 e. The molecule has 0 fully saturated rings. The van der Waals surface area contributed by atoms with E-state index in [1.54, 1.807) is 0 Å². The molecule has 0 N–H and O–H groups in total. The molecule has 1 nitrogen and oxygen atoms in total. The molecule has 0 aliphatic rings. The average molecular weight is 388 g/mol. The maximum absolute atomic E-state index is 12.4. The van der Waals surface area contributed by atoms with Crippen LogP contribution in [0.4, 0.5) is 0 Å². The van der Waals surface area contributed by atoms with Gasteiger partial charge in [0.1, 0.15) is 0 Å². The molecule has 2 aromatic rings. The zero-order valence-corrected chi connectivity index (χ0v) is 13.9. The molecule has 18 heavy (non-hydrogen) atoms. The van der Waals surface area contributed by atoms with E-state index >= 15 is 0 Å². The third-order valence-corrected chi connectivity index (χ3v) is 4.97. The molecular weight excluding hydrogens is 376 g/mol. The van der Waals surface area contributed by atoms with Crippen molar-refractivity contribution in [2.75, 3.05) is 0 Å². The van der Waals surface area contributed by atoms with Crippen LogP contribution in [0, 0.1) is 0 Å². The first-order valence-corrected chi connectivity index (χ1v) is 8.10. The van der Waals surface area contributed by atoms with Crippen LogP contribution in [0.1, 0.15) is 34.8 Å². The second-order valence-corrected chi connectivity index (χ2v) is 7.77. The van der Waals surface area contributed by atoms with Crippen LogP contribution >= 0.6 is 43.2 Å².